The number of aryl methyl sites for hydroxylation is 1. The highest BCUT2D eigenvalue weighted by molar-refractivity contribution is 7.17. The first-order valence-corrected chi connectivity index (χ1v) is 6.19. The van der Waals surface area contributed by atoms with Gasteiger partial charge in [0.25, 0.3) is 0 Å². The number of ether oxygens (including phenoxy) is 1. The molecular formula is C12H16N2O3S. The van der Waals surface area contributed by atoms with Crippen molar-refractivity contribution in [1.29, 1.82) is 0 Å². The molecule has 1 N–H and O–H groups in total. The second-order valence-electron chi connectivity index (χ2n) is 4.63. The highest BCUT2D eigenvalue weighted by atomic mass is 32.1. The molecule has 0 spiro atoms. The number of hydrogen-bond acceptors (Lipinski definition) is 5. The maximum atomic E-state index is 11.5. The van der Waals surface area contributed by atoms with Crippen molar-refractivity contribution in [1.82, 2.24) is 4.98 Å². The van der Waals surface area contributed by atoms with Crippen LogP contribution in [0.25, 0.3) is 0 Å². The van der Waals surface area contributed by atoms with Gasteiger partial charge in [-0.05, 0) is 33.8 Å². The third-order valence-corrected chi connectivity index (χ3v) is 2.90. The summed E-state index contributed by atoms with van der Waals surface area (Å²) in [5.41, 5.74) is -0.00756. The molecule has 0 radical (unpaired) electrons. The summed E-state index contributed by atoms with van der Waals surface area (Å²) in [6.07, 6.45) is 0.631. The van der Waals surface area contributed by atoms with Crippen LogP contribution in [0.4, 0.5) is 9.93 Å². The van der Waals surface area contributed by atoms with Crippen molar-refractivity contribution in [2.24, 2.45) is 0 Å². The molecule has 0 aliphatic carbocycles. The molecule has 0 bridgehead atoms. The van der Waals surface area contributed by atoms with Crippen LogP contribution in [0.3, 0.4) is 0 Å². The molecule has 98 valence electrons. The number of hydrogen-bond donors (Lipinski definition) is 1. The van der Waals surface area contributed by atoms with Crippen LogP contribution in [0.1, 0.15) is 36.1 Å². The Morgan fingerprint density at radius 3 is 2.56 bits per heavy atom. The number of carbonyl (C=O) groups excluding carboxylic acids is 2. The van der Waals surface area contributed by atoms with Gasteiger partial charge in [0.2, 0.25) is 0 Å². The molecule has 1 heterocycles. The van der Waals surface area contributed by atoms with Crippen molar-refractivity contribution >= 4 is 28.3 Å². The Morgan fingerprint density at radius 2 is 2.06 bits per heavy atom. The van der Waals surface area contributed by atoms with Gasteiger partial charge in [-0.15, -0.1) is 0 Å². The molecule has 18 heavy (non-hydrogen) atoms. The number of anilines is 1. The number of nitrogens with zero attached hydrogens (tertiary/aromatic N) is 1. The van der Waals surface area contributed by atoms with Crippen LogP contribution in [0.15, 0.2) is 12.7 Å². The first-order valence-electron chi connectivity index (χ1n) is 5.37. The molecule has 0 aromatic carbocycles. The SMILES string of the molecule is C=CC(=O)c1sc(NC(=O)OC(C)(C)C)nc1C. The van der Waals surface area contributed by atoms with E-state index in [4.69, 9.17) is 4.74 Å². The maximum Gasteiger partial charge on any atom is 0.413 e. The fraction of sp³-hybridized carbons (Fsp3) is 0.417. The highest BCUT2D eigenvalue weighted by Crippen LogP contribution is 2.23. The second-order valence-corrected chi connectivity index (χ2v) is 5.63. The number of rotatable bonds is 3. The second kappa shape index (κ2) is 5.30. The molecule has 1 aromatic rings. The summed E-state index contributed by atoms with van der Waals surface area (Å²) >= 11 is 1.10. The van der Waals surface area contributed by atoms with E-state index in [2.05, 4.69) is 16.9 Å². The Kier molecular flexibility index (Phi) is 4.24. The van der Waals surface area contributed by atoms with E-state index in [0.717, 1.165) is 11.3 Å². The number of aromatic nitrogens is 1. The molecule has 1 amide bonds. The number of thiazole rings is 1. The van der Waals surface area contributed by atoms with Crippen LogP contribution in [0.5, 0.6) is 0 Å². The van der Waals surface area contributed by atoms with Crippen molar-refractivity contribution < 1.29 is 14.3 Å². The van der Waals surface area contributed by atoms with Gasteiger partial charge in [0, 0.05) is 0 Å². The molecule has 6 heteroatoms. The highest BCUT2D eigenvalue weighted by Gasteiger charge is 2.19. The monoisotopic (exact) mass is 268 g/mol. The Morgan fingerprint density at radius 1 is 1.44 bits per heavy atom. The summed E-state index contributed by atoms with van der Waals surface area (Å²) in [6.45, 7) is 10.4. The van der Waals surface area contributed by atoms with Crippen LogP contribution in [-0.2, 0) is 4.74 Å². The zero-order valence-electron chi connectivity index (χ0n) is 10.9. The van der Waals surface area contributed by atoms with E-state index < -0.39 is 11.7 Å². The zero-order chi connectivity index (χ0) is 13.9. The van der Waals surface area contributed by atoms with Crippen molar-refractivity contribution in [3.8, 4) is 0 Å². The Bertz CT molecular complexity index is 486. The van der Waals surface area contributed by atoms with E-state index in [0.29, 0.717) is 15.7 Å². The Balaban J connectivity index is 2.78. The average Bonchev–Trinajstić information content (AvgIpc) is 2.55. The van der Waals surface area contributed by atoms with E-state index in [1.165, 1.54) is 6.08 Å². The summed E-state index contributed by atoms with van der Waals surface area (Å²) in [5.74, 6) is -0.206. The topological polar surface area (TPSA) is 68.3 Å². The summed E-state index contributed by atoms with van der Waals surface area (Å²) in [6, 6.07) is 0. The summed E-state index contributed by atoms with van der Waals surface area (Å²) < 4.78 is 5.09. The lowest BCUT2D eigenvalue weighted by molar-refractivity contribution is 0.0635. The summed E-state index contributed by atoms with van der Waals surface area (Å²) in [5, 5.41) is 2.84. The van der Waals surface area contributed by atoms with E-state index in [9.17, 15) is 9.59 Å². The lowest BCUT2D eigenvalue weighted by Crippen LogP contribution is -2.27. The van der Waals surface area contributed by atoms with Gasteiger partial charge < -0.3 is 4.74 Å². The zero-order valence-corrected chi connectivity index (χ0v) is 11.7. The van der Waals surface area contributed by atoms with Gasteiger partial charge in [-0.25, -0.2) is 9.78 Å². The van der Waals surface area contributed by atoms with Crippen molar-refractivity contribution in [3.63, 3.8) is 0 Å². The molecule has 0 unspecified atom stereocenters. The molecule has 1 rings (SSSR count). The number of nitrogens with one attached hydrogen (secondary N) is 1. The molecule has 0 fully saturated rings. The fourth-order valence-electron chi connectivity index (χ4n) is 1.16. The minimum Gasteiger partial charge on any atom is -0.444 e. The number of carbonyl (C=O) groups is 2. The van der Waals surface area contributed by atoms with Gasteiger partial charge in [0.05, 0.1) is 10.6 Å². The van der Waals surface area contributed by atoms with Crippen LogP contribution in [0.2, 0.25) is 0 Å². The van der Waals surface area contributed by atoms with Crippen molar-refractivity contribution in [3.05, 3.63) is 23.2 Å². The minimum absolute atomic E-state index is 0.206. The lowest BCUT2D eigenvalue weighted by atomic mass is 10.2. The Labute approximate surface area is 110 Å². The van der Waals surface area contributed by atoms with Gasteiger partial charge in [-0.2, -0.15) is 0 Å². The molecule has 5 nitrogen and oxygen atoms in total. The van der Waals surface area contributed by atoms with Crippen LogP contribution in [0, 0.1) is 6.92 Å². The predicted molar refractivity (Wildman–Crippen MR) is 71.2 cm³/mol. The number of allylic oxidation sites excluding steroid dienone is 1. The maximum absolute atomic E-state index is 11.5. The predicted octanol–water partition coefficient (Wildman–Crippen LogP) is 3.17. The van der Waals surface area contributed by atoms with Crippen molar-refractivity contribution in [2.45, 2.75) is 33.3 Å². The van der Waals surface area contributed by atoms with Gasteiger partial charge in [0.15, 0.2) is 10.9 Å². The lowest BCUT2D eigenvalue weighted by Gasteiger charge is -2.18. The summed E-state index contributed by atoms with van der Waals surface area (Å²) in [7, 11) is 0. The van der Waals surface area contributed by atoms with E-state index >= 15 is 0 Å². The molecule has 0 saturated carbocycles. The van der Waals surface area contributed by atoms with E-state index in [1.807, 2.05) is 0 Å². The van der Waals surface area contributed by atoms with Gasteiger partial charge >= 0.3 is 6.09 Å². The largest absolute Gasteiger partial charge is 0.444 e. The van der Waals surface area contributed by atoms with Crippen LogP contribution >= 0.6 is 11.3 Å². The van der Waals surface area contributed by atoms with Gasteiger partial charge in [0.1, 0.15) is 5.60 Å². The third kappa shape index (κ3) is 3.96. The Hall–Kier alpha value is -1.69. The third-order valence-electron chi connectivity index (χ3n) is 1.81. The molecule has 0 saturated heterocycles. The first kappa shape index (κ1) is 14.4. The molecule has 0 aliphatic rings. The number of amides is 1. The standard InChI is InChI=1S/C12H16N2O3S/c1-6-8(15)9-7(2)13-10(18-9)14-11(16)17-12(3,4)5/h6H,1H2,2-5H3,(H,13,14,16). The van der Waals surface area contributed by atoms with Crippen LogP contribution in [-0.4, -0.2) is 22.5 Å². The van der Waals surface area contributed by atoms with Crippen LogP contribution < -0.4 is 5.32 Å². The minimum atomic E-state index is -0.589. The molecule has 1 aromatic heterocycles. The fourth-order valence-corrected chi connectivity index (χ4v) is 2.05. The molecule has 0 aliphatic heterocycles. The van der Waals surface area contributed by atoms with Gasteiger partial charge in [-0.1, -0.05) is 17.9 Å². The summed E-state index contributed by atoms with van der Waals surface area (Å²) in [4.78, 5) is 27.5. The quantitative estimate of drug-likeness (QED) is 0.675. The molecule has 0 atom stereocenters. The smallest absolute Gasteiger partial charge is 0.413 e. The van der Waals surface area contributed by atoms with Gasteiger partial charge in [-0.3, -0.25) is 10.1 Å². The number of ketones is 1. The first-order chi connectivity index (χ1) is 8.23. The van der Waals surface area contributed by atoms with E-state index in [-0.39, 0.29) is 5.78 Å². The van der Waals surface area contributed by atoms with E-state index in [1.54, 1.807) is 27.7 Å². The van der Waals surface area contributed by atoms with Crippen molar-refractivity contribution in [2.75, 3.05) is 5.32 Å². The average molecular weight is 268 g/mol. The molecular weight excluding hydrogens is 252 g/mol. The normalized spacial score (nSPS) is 10.9.